The number of hydrogen-bond acceptors (Lipinski definition) is 6. The summed E-state index contributed by atoms with van der Waals surface area (Å²) in [6.07, 6.45) is 5.13. The minimum atomic E-state index is -3.90. The molecule has 0 aromatic heterocycles. The van der Waals surface area contributed by atoms with Crippen molar-refractivity contribution in [3.8, 4) is 17.2 Å². The average Bonchev–Trinajstić information content (AvgIpc) is 3.40. The molecule has 0 amide bonds. The van der Waals surface area contributed by atoms with Gasteiger partial charge in [-0.3, -0.25) is 4.72 Å². The molecule has 194 valence electrons. The van der Waals surface area contributed by atoms with Crippen LogP contribution in [0, 0.1) is 5.92 Å². The Kier molecular flexibility index (Phi) is 6.91. The quantitative estimate of drug-likeness (QED) is 0.315. The van der Waals surface area contributed by atoms with Crippen molar-refractivity contribution < 1.29 is 22.6 Å². The van der Waals surface area contributed by atoms with Gasteiger partial charge < -0.3 is 19.5 Å². The summed E-state index contributed by atoms with van der Waals surface area (Å²) in [5, 5.41) is 4.05. The number of allylic oxidation sites excluding steroid dienone is 2. The monoisotopic (exact) mass is 560 g/mol. The van der Waals surface area contributed by atoms with Gasteiger partial charge in [-0.15, -0.1) is 0 Å². The number of ether oxygens (including phenoxy) is 3. The molecule has 7 nitrogen and oxygen atoms in total. The number of fused-ring (bicyclic) bond motifs is 3. The lowest BCUT2D eigenvalue weighted by molar-refractivity contribution is 0.322. The van der Waals surface area contributed by atoms with Crippen molar-refractivity contribution in [2.24, 2.45) is 5.92 Å². The zero-order valence-electron chi connectivity index (χ0n) is 20.4. The van der Waals surface area contributed by atoms with E-state index in [1.54, 1.807) is 57.7 Å². The molecule has 0 fully saturated rings. The van der Waals surface area contributed by atoms with Crippen LogP contribution >= 0.6 is 23.2 Å². The van der Waals surface area contributed by atoms with E-state index in [2.05, 4.69) is 22.2 Å². The first kappa shape index (κ1) is 25.6. The molecule has 3 aromatic rings. The summed E-state index contributed by atoms with van der Waals surface area (Å²) in [6.45, 7) is 0. The third-order valence-corrected chi connectivity index (χ3v) is 9.07. The zero-order valence-corrected chi connectivity index (χ0v) is 22.7. The van der Waals surface area contributed by atoms with Gasteiger partial charge in [-0.05, 0) is 65.9 Å². The van der Waals surface area contributed by atoms with Crippen LogP contribution in [-0.2, 0) is 10.0 Å². The van der Waals surface area contributed by atoms with Crippen molar-refractivity contribution in [2.75, 3.05) is 31.4 Å². The normalized spacial score (nSPS) is 20.0. The molecule has 0 unspecified atom stereocenters. The number of benzene rings is 3. The third-order valence-electron chi connectivity index (χ3n) is 6.89. The van der Waals surface area contributed by atoms with E-state index < -0.39 is 10.0 Å². The molecule has 0 saturated carbocycles. The maximum atomic E-state index is 13.2. The summed E-state index contributed by atoms with van der Waals surface area (Å²) in [5.74, 6) is 1.90. The van der Waals surface area contributed by atoms with Gasteiger partial charge in [0.1, 0.15) is 0 Å². The van der Waals surface area contributed by atoms with Gasteiger partial charge in [-0.2, -0.15) is 0 Å². The number of methoxy groups -OCH3 is 3. The number of nitrogens with one attached hydrogen (secondary N) is 2. The molecule has 0 spiro atoms. The molecule has 0 radical (unpaired) electrons. The van der Waals surface area contributed by atoms with Crippen LogP contribution in [0.5, 0.6) is 17.2 Å². The number of anilines is 2. The Labute approximate surface area is 226 Å². The van der Waals surface area contributed by atoms with Crippen LogP contribution in [0.2, 0.25) is 10.0 Å². The summed E-state index contributed by atoms with van der Waals surface area (Å²) in [4.78, 5) is 0.148. The molecule has 5 rings (SSSR count). The van der Waals surface area contributed by atoms with E-state index in [1.807, 2.05) is 12.1 Å². The minimum absolute atomic E-state index is 0.0326. The molecule has 1 heterocycles. The van der Waals surface area contributed by atoms with Crippen LogP contribution in [0.15, 0.2) is 65.6 Å². The van der Waals surface area contributed by atoms with Crippen molar-refractivity contribution in [2.45, 2.75) is 23.3 Å². The van der Waals surface area contributed by atoms with Crippen LogP contribution in [0.4, 0.5) is 11.4 Å². The highest BCUT2D eigenvalue weighted by molar-refractivity contribution is 7.92. The molecule has 3 atom stereocenters. The Bertz CT molecular complexity index is 1470. The highest BCUT2D eigenvalue weighted by Crippen LogP contribution is 2.52. The van der Waals surface area contributed by atoms with Gasteiger partial charge in [0.25, 0.3) is 10.0 Å². The van der Waals surface area contributed by atoms with Crippen molar-refractivity contribution >= 4 is 44.6 Å². The van der Waals surface area contributed by atoms with Crippen molar-refractivity contribution in [3.63, 3.8) is 0 Å². The van der Waals surface area contributed by atoms with E-state index >= 15 is 0 Å². The first-order chi connectivity index (χ1) is 17.8. The molecule has 0 bridgehead atoms. The Balaban J connectivity index is 1.51. The zero-order chi connectivity index (χ0) is 26.3. The molecule has 37 heavy (non-hydrogen) atoms. The standard InChI is InChI=1S/C27H26Cl2N2O5S/c1-34-23-12-15(13-24(35-2)27(23)36-3)26-18-7-4-6-17(18)19-14-16(10-11-21(19)30-26)37(32,33)31-22-9-5-8-20(28)25(22)29/h4-6,8-14,17-18,26,30-31H,7H2,1-3H3/t17-,18+,26+/m0/s1. The van der Waals surface area contributed by atoms with Gasteiger partial charge in [0.15, 0.2) is 11.5 Å². The van der Waals surface area contributed by atoms with Gasteiger partial charge in [0.2, 0.25) is 5.75 Å². The van der Waals surface area contributed by atoms with Crippen molar-refractivity contribution in [1.29, 1.82) is 0 Å². The van der Waals surface area contributed by atoms with Gasteiger partial charge >= 0.3 is 0 Å². The fraction of sp³-hybridized carbons (Fsp3) is 0.259. The molecular formula is C27H26Cl2N2O5S. The highest BCUT2D eigenvalue weighted by Gasteiger charge is 2.39. The Hall–Kier alpha value is -3.07. The molecular weight excluding hydrogens is 535 g/mol. The summed E-state index contributed by atoms with van der Waals surface area (Å²) < 4.78 is 45.7. The lowest BCUT2D eigenvalue weighted by Gasteiger charge is -2.38. The number of halogens is 2. The highest BCUT2D eigenvalue weighted by atomic mass is 35.5. The molecule has 2 N–H and O–H groups in total. The van der Waals surface area contributed by atoms with E-state index in [9.17, 15) is 8.42 Å². The molecule has 1 aliphatic carbocycles. The van der Waals surface area contributed by atoms with E-state index in [0.29, 0.717) is 17.2 Å². The number of sulfonamides is 1. The average molecular weight is 561 g/mol. The summed E-state index contributed by atoms with van der Waals surface area (Å²) in [6, 6.07) is 13.8. The lowest BCUT2D eigenvalue weighted by atomic mass is 9.77. The van der Waals surface area contributed by atoms with E-state index in [0.717, 1.165) is 23.2 Å². The Morgan fingerprint density at radius 3 is 2.38 bits per heavy atom. The summed E-state index contributed by atoms with van der Waals surface area (Å²) in [5.41, 5.74) is 3.01. The van der Waals surface area contributed by atoms with Crippen LogP contribution in [0.1, 0.15) is 29.5 Å². The van der Waals surface area contributed by atoms with Crippen LogP contribution in [0.3, 0.4) is 0 Å². The molecule has 0 saturated heterocycles. The molecule has 1 aliphatic heterocycles. The summed E-state index contributed by atoms with van der Waals surface area (Å²) >= 11 is 12.3. The maximum absolute atomic E-state index is 13.2. The second-order valence-corrected chi connectivity index (χ2v) is 11.4. The second kappa shape index (κ2) is 10.0. The molecule has 10 heteroatoms. The van der Waals surface area contributed by atoms with Gasteiger partial charge in [0, 0.05) is 11.6 Å². The fourth-order valence-corrected chi connectivity index (χ4v) is 6.65. The van der Waals surface area contributed by atoms with E-state index in [-0.39, 0.29) is 38.5 Å². The summed E-state index contributed by atoms with van der Waals surface area (Å²) in [7, 11) is 0.867. The molecule has 3 aromatic carbocycles. The topological polar surface area (TPSA) is 85.9 Å². The van der Waals surface area contributed by atoms with Crippen LogP contribution in [-0.4, -0.2) is 29.7 Å². The Morgan fingerprint density at radius 2 is 1.70 bits per heavy atom. The Morgan fingerprint density at radius 1 is 0.973 bits per heavy atom. The van der Waals surface area contributed by atoms with Crippen molar-refractivity contribution in [3.05, 3.63) is 81.9 Å². The molecule has 2 aliphatic rings. The predicted molar refractivity (Wildman–Crippen MR) is 146 cm³/mol. The second-order valence-electron chi connectivity index (χ2n) is 8.89. The largest absolute Gasteiger partial charge is 0.493 e. The third kappa shape index (κ3) is 4.58. The number of rotatable bonds is 7. The van der Waals surface area contributed by atoms with Crippen LogP contribution < -0.4 is 24.2 Å². The predicted octanol–water partition coefficient (Wildman–Crippen LogP) is 6.65. The fourth-order valence-electron chi connectivity index (χ4n) is 5.14. The van der Waals surface area contributed by atoms with Gasteiger partial charge in [-0.1, -0.05) is 41.4 Å². The first-order valence-electron chi connectivity index (χ1n) is 11.6. The minimum Gasteiger partial charge on any atom is -0.493 e. The van der Waals surface area contributed by atoms with E-state index in [4.69, 9.17) is 37.4 Å². The number of hydrogen-bond donors (Lipinski definition) is 2. The lowest BCUT2D eigenvalue weighted by Crippen LogP contribution is -2.29. The van der Waals surface area contributed by atoms with Crippen molar-refractivity contribution in [1.82, 2.24) is 0 Å². The maximum Gasteiger partial charge on any atom is 0.261 e. The van der Waals surface area contributed by atoms with Gasteiger partial charge in [0.05, 0.1) is 48.0 Å². The smallest absolute Gasteiger partial charge is 0.261 e. The first-order valence-corrected chi connectivity index (χ1v) is 13.8. The SMILES string of the molecule is COc1cc([C@H]2Nc3ccc(S(=O)(=O)Nc4cccc(Cl)c4Cl)cc3[C@H]3C=CC[C@H]32)cc(OC)c1OC. The van der Waals surface area contributed by atoms with Gasteiger partial charge in [-0.25, -0.2) is 8.42 Å². The van der Waals surface area contributed by atoms with Crippen LogP contribution in [0.25, 0.3) is 0 Å². The van der Waals surface area contributed by atoms with E-state index in [1.165, 1.54) is 0 Å².